The molecule has 7 heteroatoms. The number of nitrogens with one attached hydrogen (secondary N) is 1. The summed E-state index contributed by atoms with van der Waals surface area (Å²) in [5, 5.41) is 17.4. The van der Waals surface area contributed by atoms with Crippen LogP contribution in [-0.2, 0) is 16.1 Å². The summed E-state index contributed by atoms with van der Waals surface area (Å²) in [6, 6.07) is 13.6. The van der Waals surface area contributed by atoms with Gasteiger partial charge in [-0.1, -0.05) is 30.3 Å². The SMILES string of the molecule is O=C(O)CC(CC(=O)NCCCn1cc2ccccc2n1)c1cccc(F)c1. The number of carbonyl (C=O) groups is 2. The number of rotatable bonds is 9. The second-order valence-electron chi connectivity index (χ2n) is 6.71. The van der Waals surface area contributed by atoms with Crippen molar-refractivity contribution in [2.45, 2.75) is 31.7 Å². The summed E-state index contributed by atoms with van der Waals surface area (Å²) in [7, 11) is 0. The number of benzene rings is 2. The Balaban J connectivity index is 1.49. The van der Waals surface area contributed by atoms with Gasteiger partial charge in [-0.15, -0.1) is 0 Å². The Morgan fingerprint density at radius 3 is 2.71 bits per heavy atom. The third-order valence-electron chi connectivity index (χ3n) is 4.52. The van der Waals surface area contributed by atoms with Gasteiger partial charge in [-0.25, -0.2) is 4.39 Å². The molecule has 3 rings (SSSR count). The summed E-state index contributed by atoms with van der Waals surface area (Å²) in [5.41, 5.74) is 1.44. The van der Waals surface area contributed by atoms with E-state index in [0.717, 1.165) is 10.9 Å². The Bertz CT molecular complexity index is 937. The second kappa shape index (κ2) is 9.12. The molecular weight excluding hydrogens is 361 g/mol. The molecule has 146 valence electrons. The molecule has 0 aliphatic carbocycles. The summed E-state index contributed by atoms with van der Waals surface area (Å²) >= 11 is 0. The van der Waals surface area contributed by atoms with Crippen molar-refractivity contribution in [2.24, 2.45) is 0 Å². The number of halogens is 1. The highest BCUT2D eigenvalue weighted by atomic mass is 19.1. The first-order chi connectivity index (χ1) is 13.5. The van der Waals surface area contributed by atoms with E-state index in [4.69, 9.17) is 5.11 Å². The lowest BCUT2D eigenvalue weighted by molar-refractivity contribution is -0.137. The van der Waals surface area contributed by atoms with Crippen molar-refractivity contribution >= 4 is 22.8 Å². The topological polar surface area (TPSA) is 84.2 Å². The van der Waals surface area contributed by atoms with E-state index >= 15 is 0 Å². The summed E-state index contributed by atoms with van der Waals surface area (Å²) < 4.78 is 15.3. The fraction of sp³-hybridized carbons (Fsp3) is 0.286. The number of nitrogens with zero attached hydrogens (tertiary/aromatic N) is 2. The van der Waals surface area contributed by atoms with Crippen LogP contribution in [0.5, 0.6) is 0 Å². The molecular formula is C21H22FN3O3. The minimum atomic E-state index is -1.02. The molecule has 0 saturated heterocycles. The van der Waals surface area contributed by atoms with E-state index in [9.17, 15) is 14.0 Å². The molecule has 2 N–H and O–H groups in total. The van der Waals surface area contributed by atoms with E-state index in [0.29, 0.717) is 25.1 Å². The van der Waals surface area contributed by atoms with Crippen molar-refractivity contribution in [1.82, 2.24) is 15.1 Å². The molecule has 1 unspecified atom stereocenters. The molecule has 0 fully saturated rings. The predicted octanol–water partition coefficient (Wildman–Crippen LogP) is 3.33. The quantitative estimate of drug-likeness (QED) is 0.555. The zero-order valence-electron chi connectivity index (χ0n) is 15.3. The zero-order chi connectivity index (χ0) is 19.9. The molecule has 1 aromatic heterocycles. The van der Waals surface area contributed by atoms with Gasteiger partial charge in [0.15, 0.2) is 0 Å². The molecule has 0 aliphatic heterocycles. The molecule has 1 amide bonds. The predicted molar refractivity (Wildman–Crippen MR) is 103 cm³/mol. The van der Waals surface area contributed by atoms with Crippen molar-refractivity contribution in [3.63, 3.8) is 0 Å². The van der Waals surface area contributed by atoms with Gasteiger partial charge in [0, 0.05) is 37.0 Å². The maximum Gasteiger partial charge on any atom is 0.303 e. The van der Waals surface area contributed by atoms with Crippen molar-refractivity contribution in [3.05, 3.63) is 66.1 Å². The van der Waals surface area contributed by atoms with E-state index in [-0.39, 0.29) is 18.7 Å². The summed E-state index contributed by atoms with van der Waals surface area (Å²) in [6.45, 7) is 1.12. The van der Waals surface area contributed by atoms with Crippen LogP contribution in [0.1, 0.15) is 30.7 Å². The van der Waals surface area contributed by atoms with Crippen LogP contribution in [-0.4, -0.2) is 33.3 Å². The van der Waals surface area contributed by atoms with Crippen LogP contribution >= 0.6 is 0 Å². The highest BCUT2D eigenvalue weighted by Crippen LogP contribution is 2.24. The zero-order valence-corrected chi connectivity index (χ0v) is 15.3. The minimum absolute atomic E-state index is 0.00140. The smallest absolute Gasteiger partial charge is 0.303 e. The number of hydrogen-bond acceptors (Lipinski definition) is 3. The Labute approximate surface area is 162 Å². The Morgan fingerprint density at radius 1 is 1.14 bits per heavy atom. The normalized spacial score (nSPS) is 12.0. The summed E-state index contributed by atoms with van der Waals surface area (Å²) in [5.74, 6) is -2.28. The number of fused-ring (bicyclic) bond motifs is 1. The first-order valence-electron chi connectivity index (χ1n) is 9.17. The van der Waals surface area contributed by atoms with Crippen molar-refractivity contribution in [1.29, 1.82) is 0 Å². The highest BCUT2D eigenvalue weighted by molar-refractivity contribution is 5.78. The number of amides is 1. The molecule has 28 heavy (non-hydrogen) atoms. The van der Waals surface area contributed by atoms with Crippen LogP contribution < -0.4 is 5.32 Å². The molecule has 0 aliphatic rings. The third kappa shape index (κ3) is 5.39. The van der Waals surface area contributed by atoms with Gasteiger partial charge in [0.1, 0.15) is 5.82 Å². The number of carboxylic acids is 1. The van der Waals surface area contributed by atoms with Crippen LogP contribution in [0.25, 0.3) is 10.9 Å². The molecule has 0 radical (unpaired) electrons. The standard InChI is InChI=1S/C21H22FN3O3/c22-18-7-3-6-15(11-18)17(13-21(27)28)12-20(26)23-9-4-10-25-14-16-5-1-2-8-19(16)24-25/h1-3,5-8,11,14,17H,4,9-10,12-13H2,(H,23,26)(H,27,28). The molecule has 0 bridgehead atoms. The van der Waals surface area contributed by atoms with E-state index in [1.54, 1.807) is 6.07 Å². The third-order valence-corrected chi connectivity index (χ3v) is 4.52. The fourth-order valence-corrected chi connectivity index (χ4v) is 3.17. The largest absolute Gasteiger partial charge is 0.481 e. The lowest BCUT2D eigenvalue weighted by atomic mass is 9.92. The highest BCUT2D eigenvalue weighted by Gasteiger charge is 2.19. The Hall–Kier alpha value is -3.22. The second-order valence-corrected chi connectivity index (χ2v) is 6.71. The van der Waals surface area contributed by atoms with Crippen LogP contribution in [0.2, 0.25) is 0 Å². The van der Waals surface area contributed by atoms with Gasteiger partial charge in [-0.3, -0.25) is 14.3 Å². The molecule has 0 saturated carbocycles. The number of carboxylic acid groups (broad SMARTS) is 1. The van der Waals surface area contributed by atoms with Gasteiger partial charge in [0.05, 0.1) is 11.9 Å². The first kappa shape index (κ1) is 19.5. The number of carbonyl (C=O) groups excluding carboxylic acids is 1. The lowest BCUT2D eigenvalue weighted by Gasteiger charge is -2.15. The number of aromatic nitrogens is 2. The van der Waals surface area contributed by atoms with E-state index in [1.807, 2.05) is 35.1 Å². The molecule has 0 spiro atoms. The molecule has 1 heterocycles. The average Bonchev–Trinajstić information content (AvgIpc) is 3.07. The monoisotopic (exact) mass is 383 g/mol. The van der Waals surface area contributed by atoms with Gasteiger partial charge in [0.25, 0.3) is 0 Å². The van der Waals surface area contributed by atoms with Crippen LogP contribution in [0, 0.1) is 5.82 Å². The summed E-state index contributed by atoms with van der Waals surface area (Å²) in [6.07, 6.45) is 2.44. The van der Waals surface area contributed by atoms with Gasteiger partial charge in [-0.2, -0.15) is 5.10 Å². The van der Waals surface area contributed by atoms with E-state index in [1.165, 1.54) is 18.2 Å². The minimum Gasteiger partial charge on any atom is -0.481 e. The molecule has 1 atom stereocenters. The Kier molecular flexibility index (Phi) is 6.37. The number of aliphatic carboxylic acids is 1. The number of aryl methyl sites for hydroxylation is 1. The molecule has 2 aromatic carbocycles. The van der Waals surface area contributed by atoms with Crippen molar-refractivity contribution in [3.8, 4) is 0 Å². The van der Waals surface area contributed by atoms with Crippen molar-refractivity contribution in [2.75, 3.05) is 6.54 Å². The average molecular weight is 383 g/mol. The van der Waals surface area contributed by atoms with Gasteiger partial charge in [-0.05, 0) is 30.2 Å². The molecule has 6 nitrogen and oxygen atoms in total. The van der Waals surface area contributed by atoms with Crippen molar-refractivity contribution < 1.29 is 19.1 Å². The summed E-state index contributed by atoms with van der Waals surface area (Å²) in [4.78, 5) is 23.3. The fourth-order valence-electron chi connectivity index (χ4n) is 3.17. The number of hydrogen-bond donors (Lipinski definition) is 2. The maximum atomic E-state index is 13.4. The van der Waals surface area contributed by atoms with Gasteiger partial charge in [0.2, 0.25) is 5.91 Å². The Morgan fingerprint density at radius 2 is 1.96 bits per heavy atom. The van der Waals surface area contributed by atoms with E-state index in [2.05, 4.69) is 10.4 Å². The molecule has 3 aromatic rings. The first-order valence-corrected chi connectivity index (χ1v) is 9.17. The van der Waals surface area contributed by atoms with Crippen LogP contribution in [0.4, 0.5) is 4.39 Å². The maximum absolute atomic E-state index is 13.4. The van der Waals surface area contributed by atoms with Crippen LogP contribution in [0.15, 0.2) is 54.7 Å². The van der Waals surface area contributed by atoms with E-state index < -0.39 is 17.7 Å². The lowest BCUT2D eigenvalue weighted by Crippen LogP contribution is -2.27. The van der Waals surface area contributed by atoms with Crippen LogP contribution in [0.3, 0.4) is 0 Å². The van der Waals surface area contributed by atoms with Gasteiger partial charge >= 0.3 is 5.97 Å². The van der Waals surface area contributed by atoms with Gasteiger partial charge < -0.3 is 10.4 Å².